The van der Waals surface area contributed by atoms with Crippen molar-refractivity contribution in [1.29, 1.82) is 0 Å². The lowest BCUT2D eigenvalue weighted by Crippen LogP contribution is -2.45. The number of carbonyl (C=O) groups is 1. The molecule has 4 rings (SSSR count). The van der Waals surface area contributed by atoms with E-state index in [4.69, 9.17) is 9.47 Å². The predicted molar refractivity (Wildman–Crippen MR) is 118 cm³/mol. The Bertz CT molecular complexity index is 1270. The van der Waals surface area contributed by atoms with E-state index in [1.165, 1.54) is 22.5 Å². The lowest BCUT2D eigenvalue weighted by molar-refractivity contribution is -0.122. The molecule has 2 aromatic heterocycles. The van der Waals surface area contributed by atoms with E-state index < -0.39 is 11.2 Å². The van der Waals surface area contributed by atoms with Crippen molar-refractivity contribution in [3.8, 4) is 5.75 Å². The zero-order chi connectivity index (χ0) is 22.9. The van der Waals surface area contributed by atoms with E-state index >= 15 is 0 Å². The first-order valence-electron chi connectivity index (χ1n) is 10.5. The number of nitrogens with one attached hydrogen (secondary N) is 1. The molecule has 1 aliphatic heterocycles. The van der Waals surface area contributed by atoms with Crippen molar-refractivity contribution < 1.29 is 14.3 Å². The second kappa shape index (κ2) is 8.62. The van der Waals surface area contributed by atoms with Gasteiger partial charge >= 0.3 is 5.69 Å². The molecule has 0 radical (unpaired) electrons. The van der Waals surface area contributed by atoms with Crippen molar-refractivity contribution in [2.24, 2.45) is 14.1 Å². The summed E-state index contributed by atoms with van der Waals surface area (Å²) in [6.07, 6.45) is 2.92. The van der Waals surface area contributed by atoms with Gasteiger partial charge in [0.25, 0.3) is 5.56 Å². The summed E-state index contributed by atoms with van der Waals surface area (Å²) in [6, 6.07) is 7.84. The number of imidazole rings is 1. The van der Waals surface area contributed by atoms with Crippen LogP contribution in [-0.4, -0.2) is 51.5 Å². The highest BCUT2D eigenvalue weighted by molar-refractivity contribution is 5.79. The van der Waals surface area contributed by atoms with Crippen molar-refractivity contribution in [2.75, 3.05) is 26.9 Å². The third-order valence-electron chi connectivity index (χ3n) is 6.28. The summed E-state index contributed by atoms with van der Waals surface area (Å²) >= 11 is 0. The minimum absolute atomic E-state index is 0.0809. The van der Waals surface area contributed by atoms with E-state index in [0.29, 0.717) is 19.8 Å². The number of fused-ring (bicyclic) bond motifs is 1. The molecule has 1 amide bonds. The molecule has 1 N–H and O–H groups in total. The van der Waals surface area contributed by atoms with Crippen LogP contribution in [0, 0.1) is 0 Å². The van der Waals surface area contributed by atoms with Crippen LogP contribution in [0.3, 0.4) is 0 Å². The van der Waals surface area contributed by atoms with Gasteiger partial charge in [0.1, 0.15) is 12.3 Å². The SMILES string of the molecule is COc1ccccc1C1(CNC(=O)Cn2cnc3c2c(=O)n(C)c(=O)n3C)CCOCC1. The summed E-state index contributed by atoms with van der Waals surface area (Å²) in [5.41, 5.74) is 0.260. The third-order valence-corrected chi connectivity index (χ3v) is 6.28. The molecule has 0 saturated carbocycles. The molecular formula is C22H27N5O5. The van der Waals surface area contributed by atoms with Gasteiger partial charge in [0.15, 0.2) is 11.2 Å². The quantitative estimate of drug-likeness (QED) is 0.590. The van der Waals surface area contributed by atoms with Crippen LogP contribution in [0.25, 0.3) is 11.2 Å². The van der Waals surface area contributed by atoms with Crippen molar-refractivity contribution in [1.82, 2.24) is 24.0 Å². The number of methoxy groups -OCH3 is 1. The van der Waals surface area contributed by atoms with E-state index in [9.17, 15) is 14.4 Å². The number of nitrogens with zero attached hydrogens (tertiary/aromatic N) is 4. The Morgan fingerprint density at radius 3 is 2.62 bits per heavy atom. The van der Waals surface area contributed by atoms with Gasteiger partial charge in [-0.05, 0) is 18.9 Å². The largest absolute Gasteiger partial charge is 0.496 e. The molecular weight excluding hydrogens is 414 g/mol. The number of ether oxygens (including phenoxy) is 2. The molecule has 0 spiro atoms. The van der Waals surface area contributed by atoms with Crippen molar-refractivity contribution in [3.05, 3.63) is 57.0 Å². The second-order valence-electron chi connectivity index (χ2n) is 8.12. The van der Waals surface area contributed by atoms with Gasteiger partial charge in [-0.15, -0.1) is 0 Å². The number of amides is 1. The van der Waals surface area contributed by atoms with Crippen molar-refractivity contribution >= 4 is 17.1 Å². The van der Waals surface area contributed by atoms with Crippen LogP contribution < -0.4 is 21.3 Å². The maximum atomic E-state index is 12.9. The van der Waals surface area contributed by atoms with Gasteiger partial charge in [-0.3, -0.25) is 18.7 Å². The summed E-state index contributed by atoms with van der Waals surface area (Å²) < 4.78 is 14.9. The van der Waals surface area contributed by atoms with Crippen molar-refractivity contribution in [3.63, 3.8) is 0 Å². The first-order valence-corrected chi connectivity index (χ1v) is 10.5. The molecule has 1 aliphatic rings. The summed E-state index contributed by atoms with van der Waals surface area (Å²) in [4.78, 5) is 41.8. The molecule has 0 aliphatic carbocycles. The maximum absolute atomic E-state index is 12.9. The number of para-hydroxylation sites is 1. The Balaban J connectivity index is 1.58. The Kier molecular flexibility index (Phi) is 5.88. The fourth-order valence-electron chi connectivity index (χ4n) is 4.38. The average Bonchev–Trinajstić information content (AvgIpc) is 3.24. The number of benzene rings is 1. The van der Waals surface area contributed by atoms with Gasteiger partial charge in [-0.2, -0.15) is 0 Å². The number of aromatic nitrogens is 4. The van der Waals surface area contributed by atoms with Gasteiger partial charge in [-0.1, -0.05) is 18.2 Å². The molecule has 0 bridgehead atoms. The first-order chi connectivity index (χ1) is 15.4. The molecule has 3 aromatic rings. The van der Waals surface area contributed by atoms with E-state index in [1.54, 1.807) is 14.2 Å². The van der Waals surface area contributed by atoms with Gasteiger partial charge in [0, 0.05) is 44.8 Å². The standard InChI is InChI=1S/C22H27N5O5/c1-25-19-18(20(29)26(2)21(25)30)27(14-24-19)12-17(28)23-13-22(8-10-32-11-9-22)15-6-4-5-7-16(15)31-3/h4-7,14H,8-13H2,1-3H3,(H,23,28). The molecule has 1 saturated heterocycles. The first kappa shape index (κ1) is 21.8. The van der Waals surface area contributed by atoms with Gasteiger partial charge in [0.2, 0.25) is 5.91 Å². The zero-order valence-electron chi connectivity index (χ0n) is 18.5. The topological polar surface area (TPSA) is 109 Å². The number of rotatable bonds is 6. The lowest BCUT2D eigenvalue weighted by atomic mass is 9.73. The van der Waals surface area contributed by atoms with Gasteiger partial charge in [-0.25, -0.2) is 9.78 Å². The highest BCUT2D eigenvalue weighted by Crippen LogP contribution is 2.39. The van der Waals surface area contributed by atoms with E-state index in [-0.39, 0.29) is 29.0 Å². The van der Waals surface area contributed by atoms with Crippen LogP contribution in [0.2, 0.25) is 0 Å². The molecule has 32 heavy (non-hydrogen) atoms. The van der Waals surface area contributed by atoms with Crippen LogP contribution in [0.15, 0.2) is 40.2 Å². The Morgan fingerprint density at radius 1 is 1.19 bits per heavy atom. The van der Waals surface area contributed by atoms with Gasteiger partial charge in [0.05, 0.1) is 13.4 Å². The monoisotopic (exact) mass is 441 g/mol. The van der Waals surface area contributed by atoms with Crippen LogP contribution >= 0.6 is 0 Å². The number of hydrogen-bond donors (Lipinski definition) is 1. The molecule has 1 aromatic carbocycles. The fourth-order valence-corrected chi connectivity index (χ4v) is 4.38. The van der Waals surface area contributed by atoms with E-state index in [1.807, 2.05) is 24.3 Å². The molecule has 0 atom stereocenters. The molecule has 3 heterocycles. The zero-order valence-corrected chi connectivity index (χ0v) is 18.5. The second-order valence-corrected chi connectivity index (χ2v) is 8.12. The van der Waals surface area contributed by atoms with Crippen LogP contribution in [0.1, 0.15) is 18.4 Å². The van der Waals surface area contributed by atoms with E-state index in [2.05, 4.69) is 10.3 Å². The molecule has 10 nitrogen and oxygen atoms in total. The average molecular weight is 441 g/mol. The summed E-state index contributed by atoms with van der Waals surface area (Å²) in [7, 11) is 4.59. The molecule has 1 fully saturated rings. The predicted octanol–water partition coefficient (Wildman–Crippen LogP) is 0.307. The summed E-state index contributed by atoms with van der Waals surface area (Å²) in [6.45, 7) is 1.54. The molecule has 170 valence electrons. The summed E-state index contributed by atoms with van der Waals surface area (Å²) in [5, 5.41) is 3.03. The van der Waals surface area contributed by atoms with Crippen LogP contribution in [0.5, 0.6) is 5.75 Å². The Morgan fingerprint density at radius 2 is 1.91 bits per heavy atom. The molecule has 10 heteroatoms. The van der Waals surface area contributed by atoms with E-state index in [0.717, 1.165) is 28.7 Å². The minimum atomic E-state index is -0.483. The normalized spacial score (nSPS) is 15.6. The number of carbonyl (C=O) groups excluding carboxylic acids is 1. The third kappa shape index (κ3) is 3.70. The van der Waals surface area contributed by atoms with Crippen LogP contribution in [-0.2, 0) is 35.6 Å². The smallest absolute Gasteiger partial charge is 0.332 e. The lowest BCUT2D eigenvalue weighted by Gasteiger charge is -2.38. The highest BCUT2D eigenvalue weighted by atomic mass is 16.5. The van der Waals surface area contributed by atoms with Gasteiger partial charge < -0.3 is 19.4 Å². The number of aryl methyl sites for hydroxylation is 1. The minimum Gasteiger partial charge on any atom is -0.496 e. The Labute approximate surface area is 184 Å². The molecule has 0 unspecified atom stereocenters. The highest BCUT2D eigenvalue weighted by Gasteiger charge is 2.37. The summed E-state index contributed by atoms with van der Waals surface area (Å²) in [5.74, 6) is 0.537. The number of hydrogen-bond acceptors (Lipinski definition) is 6. The Hall–Kier alpha value is -3.40. The van der Waals surface area contributed by atoms with Crippen molar-refractivity contribution in [2.45, 2.75) is 24.8 Å². The fraction of sp³-hybridized carbons (Fsp3) is 0.455. The maximum Gasteiger partial charge on any atom is 0.332 e. The van der Waals surface area contributed by atoms with Crippen LogP contribution in [0.4, 0.5) is 0 Å².